The molecule has 1 aromatic carbocycles. The molecule has 0 atom stereocenters. The molecule has 1 heterocycles. The molecule has 1 aliphatic carbocycles. The van der Waals surface area contributed by atoms with E-state index in [1.165, 1.54) is 18.9 Å². The number of hydrogen-bond donors (Lipinski definition) is 1. The fourth-order valence-electron chi connectivity index (χ4n) is 4.57. The van der Waals surface area contributed by atoms with Crippen LogP contribution in [0.1, 0.15) is 50.5 Å². The predicted molar refractivity (Wildman–Crippen MR) is 108 cm³/mol. The molecule has 0 aromatic heterocycles. The van der Waals surface area contributed by atoms with Gasteiger partial charge in [-0.15, -0.1) is 12.4 Å². The zero-order valence-corrected chi connectivity index (χ0v) is 17.0. The first-order valence-corrected chi connectivity index (χ1v) is 9.88. The van der Waals surface area contributed by atoms with Crippen LogP contribution in [-0.4, -0.2) is 50.2 Å². The molecule has 1 aromatic rings. The van der Waals surface area contributed by atoms with E-state index in [0.29, 0.717) is 13.0 Å². The Kier molecular flexibility index (Phi) is 8.52. The van der Waals surface area contributed by atoms with Crippen molar-refractivity contribution >= 4 is 18.3 Å². The number of piperidine rings is 1. The lowest BCUT2D eigenvalue weighted by Gasteiger charge is -2.39. The number of likely N-dealkylation sites (tertiary alicyclic amines) is 1. The smallest absolute Gasteiger partial charge is 0.222 e. The maximum Gasteiger partial charge on any atom is 0.222 e. The summed E-state index contributed by atoms with van der Waals surface area (Å²) in [7, 11) is 1.61. The van der Waals surface area contributed by atoms with Crippen LogP contribution in [0.5, 0.6) is 0 Å². The molecule has 0 spiro atoms. The van der Waals surface area contributed by atoms with Gasteiger partial charge in [-0.1, -0.05) is 25.0 Å². The van der Waals surface area contributed by atoms with Gasteiger partial charge in [0.2, 0.25) is 5.91 Å². The van der Waals surface area contributed by atoms with Gasteiger partial charge in [0.1, 0.15) is 5.82 Å². The third kappa shape index (κ3) is 5.90. The summed E-state index contributed by atoms with van der Waals surface area (Å²) < 4.78 is 18.7. The van der Waals surface area contributed by atoms with Crippen LogP contribution in [0.25, 0.3) is 0 Å². The SMILES string of the molecule is COCCC(=O)NC1CCN(CC2(c3cccc(F)c3)CCCC2)CC1.Cl. The van der Waals surface area contributed by atoms with Crippen LogP contribution in [0.15, 0.2) is 24.3 Å². The van der Waals surface area contributed by atoms with Crippen molar-refractivity contribution in [1.82, 2.24) is 10.2 Å². The molecular weight excluding hydrogens is 367 g/mol. The van der Waals surface area contributed by atoms with Crippen molar-refractivity contribution in [3.63, 3.8) is 0 Å². The first-order chi connectivity index (χ1) is 12.6. The molecule has 1 N–H and O–H groups in total. The molecule has 1 saturated heterocycles. The van der Waals surface area contributed by atoms with Gasteiger partial charge in [-0.25, -0.2) is 4.39 Å². The minimum absolute atomic E-state index is 0. The molecule has 1 aliphatic heterocycles. The number of nitrogens with one attached hydrogen (secondary N) is 1. The second kappa shape index (κ2) is 10.4. The van der Waals surface area contributed by atoms with Crippen molar-refractivity contribution < 1.29 is 13.9 Å². The van der Waals surface area contributed by atoms with E-state index in [4.69, 9.17) is 4.74 Å². The van der Waals surface area contributed by atoms with E-state index >= 15 is 0 Å². The van der Waals surface area contributed by atoms with Crippen molar-refractivity contribution in [2.24, 2.45) is 0 Å². The van der Waals surface area contributed by atoms with Gasteiger partial charge in [-0.05, 0) is 43.4 Å². The minimum atomic E-state index is -0.133. The largest absolute Gasteiger partial charge is 0.384 e. The summed E-state index contributed by atoms with van der Waals surface area (Å²) in [5.74, 6) is -0.0522. The van der Waals surface area contributed by atoms with Crippen LogP contribution in [0, 0.1) is 5.82 Å². The van der Waals surface area contributed by atoms with E-state index in [2.05, 4.69) is 16.3 Å². The lowest BCUT2D eigenvalue weighted by atomic mass is 9.78. The summed E-state index contributed by atoms with van der Waals surface area (Å²) in [6.45, 7) is 3.46. The lowest BCUT2D eigenvalue weighted by molar-refractivity contribution is -0.123. The van der Waals surface area contributed by atoms with Gasteiger partial charge in [0.05, 0.1) is 6.61 Å². The van der Waals surface area contributed by atoms with Crippen LogP contribution in [0.3, 0.4) is 0 Å². The number of carbonyl (C=O) groups excluding carboxylic acids is 1. The average Bonchev–Trinajstić information content (AvgIpc) is 3.11. The number of methoxy groups -OCH3 is 1. The van der Waals surface area contributed by atoms with E-state index in [1.807, 2.05) is 6.07 Å². The molecular formula is C21H32ClFN2O2. The lowest BCUT2D eigenvalue weighted by Crippen LogP contribution is -2.48. The molecule has 0 unspecified atom stereocenters. The molecule has 0 bridgehead atoms. The van der Waals surface area contributed by atoms with Crippen molar-refractivity contribution in [1.29, 1.82) is 0 Å². The van der Waals surface area contributed by atoms with Crippen molar-refractivity contribution in [2.75, 3.05) is 33.4 Å². The quantitative estimate of drug-likeness (QED) is 0.761. The minimum Gasteiger partial charge on any atom is -0.384 e. The topological polar surface area (TPSA) is 41.6 Å². The second-order valence-electron chi connectivity index (χ2n) is 7.86. The molecule has 2 aliphatic rings. The van der Waals surface area contributed by atoms with Crippen molar-refractivity contribution in [3.05, 3.63) is 35.6 Å². The molecule has 6 heteroatoms. The summed E-state index contributed by atoms with van der Waals surface area (Å²) in [6, 6.07) is 7.46. The van der Waals surface area contributed by atoms with Gasteiger partial charge in [-0.2, -0.15) is 0 Å². The zero-order chi connectivity index (χ0) is 18.4. The third-order valence-electron chi connectivity index (χ3n) is 6.01. The number of benzene rings is 1. The maximum atomic E-state index is 13.8. The highest BCUT2D eigenvalue weighted by atomic mass is 35.5. The highest BCUT2D eigenvalue weighted by molar-refractivity contribution is 5.85. The highest BCUT2D eigenvalue weighted by Crippen LogP contribution is 2.42. The van der Waals surface area contributed by atoms with E-state index < -0.39 is 0 Å². The molecule has 27 heavy (non-hydrogen) atoms. The Morgan fingerprint density at radius 3 is 2.63 bits per heavy atom. The second-order valence-corrected chi connectivity index (χ2v) is 7.86. The number of rotatable bonds is 7. The monoisotopic (exact) mass is 398 g/mol. The van der Waals surface area contributed by atoms with E-state index in [-0.39, 0.29) is 35.6 Å². The first kappa shape index (κ1) is 22.1. The molecule has 2 fully saturated rings. The van der Waals surface area contributed by atoms with Crippen molar-refractivity contribution in [2.45, 2.75) is 56.4 Å². The number of hydrogen-bond acceptors (Lipinski definition) is 3. The number of nitrogens with zero attached hydrogens (tertiary/aromatic N) is 1. The Morgan fingerprint density at radius 2 is 2.00 bits per heavy atom. The van der Waals surface area contributed by atoms with Crippen LogP contribution in [0.2, 0.25) is 0 Å². The van der Waals surface area contributed by atoms with Gasteiger partial charge in [0.25, 0.3) is 0 Å². The summed E-state index contributed by atoms with van der Waals surface area (Å²) in [5, 5.41) is 3.12. The van der Waals surface area contributed by atoms with Crippen LogP contribution >= 0.6 is 12.4 Å². The van der Waals surface area contributed by atoms with E-state index in [1.54, 1.807) is 13.2 Å². The van der Waals surface area contributed by atoms with Gasteiger partial charge in [-0.3, -0.25) is 4.79 Å². The van der Waals surface area contributed by atoms with E-state index in [9.17, 15) is 9.18 Å². The highest BCUT2D eigenvalue weighted by Gasteiger charge is 2.38. The third-order valence-corrected chi connectivity index (χ3v) is 6.01. The van der Waals surface area contributed by atoms with Gasteiger partial charge < -0.3 is 15.0 Å². The van der Waals surface area contributed by atoms with Crippen LogP contribution < -0.4 is 5.32 Å². The molecule has 1 amide bonds. The van der Waals surface area contributed by atoms with Gasteiger partial charge in [0.15, 0.2) is 0 Å². The fourth-order valence-corrected chi connectivity index (χ4v) is 4.57. The number of carbonyl (C=O) groups is 1. The summed E-state index contributed by atoms with van der Waals surface area (Å²) in [5.41, 5.74) is 1.25. The molecule has 152 valence electrons. The normalized spacial score (nSPS) is 20.2. The van der Waals surface area contributed by atoms with Gasteiger partial charge in [0, 0.05) is 44.6 Å². The van der Waals surface area contributed by atoms with Crippen LogP contribution in [0.4, 0.5) is 4.39 Å². The predicted octanol–water partition coefficient (Wildman–Crippen LogP) is 3.68. The summed E-state index contributed by atoms with van der Waals surface area (Å²) in [6.07, 6.45) is 7.13. The van der Waals surface area contributed by atoms with Crippen LogP contribution in [-0.2, 0) is 14.9 Å². The fraction of sp³-hybridized carbons (Fsp3) is 0.667. The number of amides is 1. The molecule has 3 rings (SSSR count). The number of halogens is 2. The summed E-state index contributed by atoms with van der Waals surface area (Å²) in [4.78, 5) is 14.4. The Bertz CT molecular complexity index is 600. The van der Waals surface area contributed by atoms with E-state index in [0.717, 1.165) is 50.9 Å². The molecule has 0 radical (unpaired) electrons. The van der Waals surface area contributed by atoms with Crippen molar-refractivity contribution in [3.8, 4) is 0 Å². The summed E-state index contributed by atoms with van der Waals surface area (Å²) >= 11 is 0. The Labute approximate surface area is 168 Å². The molecule has 1 saturated carbocycles. The zero-order valence-electron chi connectivity index (χ0n) is 16.2. The Hall–Kier alpha value is -1.17. The maximum absolute atomic E-state index is 13.8. The Morgan fingerprint density at radius 1 is 1.30 bits per heavy atom. The van der Waals surface area contributed by atoms with Gasteiger partial charge >= 0.3 is 0 Å². The standard InChI is InChI=1S/C21H31FN2O2.ClH/c1-26-14-9-20(25)23-19-7-12-24(13-8-19)16-21(10-2-3-11-21)17-5-4-6-18(22)15-17;/h4-6,15,19H,2-3,7-14,16H2,1H3,(H,23,25);1H. The average molecular weight is 399 g/mol. The number of ether oxygens (including phenoxy) is 1. The first-order valence-electron chi connectivity index (χ1n) is 9.88. The molecule has 4 nitrogen and oxygen atoms in total. The Balaban J connectivity index is 0.00000261.